The molecule has 2 heterocycles. The lowest BCUT2D eigenvalue weighted by molar-refractivity contribution is 0.517. The Labute approximate surface area is 109 Å². The van der Waals surface area contributed by atoms with Crippen LogP contribution in [0, 0.1) is 13.8 Å². The Morgan fingerprint density at radius 2 is 2.06 bits per heavy atom. The molecule has 1 atom stereocenters. The maximum Gasteiger partial charge on any atom is 0.0944 e. The predicted molar refractivity (Wildman–Crippen MR) is 72.2 cm³/mol. The van der Waals surface area contributed by atoms with Crippen LogP contribution in [0.25, 0.3) is 0 Å². The van der Waals surface area contributed by atoms with E-state index in [0.29, 0.717) is 0 Å². The second-order valence-electron chi connectivity index (χ2n) is 4.01. The van der Waals surface area contributed by atoms with Crippen molar-refractivity contribution in [2.45, 2.75) is 32.7 Å². The van der Waals surface area contributed by atoms with Gasteiger partial charge >= 0.3 is 0 Å². The average Bonchev–Trinajstić information content (AvgIpc) is 2.87. The molecular formula is C11H16N4S2. The fraction of sp³-hybridized carbons (Fsp3) is 0.455. The quantitative estimate of drug-likeness (QED) is 0.641. The molecule has 6 heteroatoms. The van der Waals surface area contributed by atoms with Gasteiger partial charge in [0, 0.05) is 35.3 Å². The number of thiazole rings is 2. The summed E-state index contributed by atoms with van der Waals surface area (Å²) in [5.74, 6) is 5.58. The fourth-order valence-corrected chi connectivity index (χ4v) is 3.13. The molecule has 2 aromatic rings. The number of nitrogens with one attached hydrogen (secondary N) is 1. The average molecular weight is 268 g/mol. The van der Waals surface area contributed by atoms with Crippen molar-refractivity contribution in [3.63, 3.8) is 0 Å². The highest BCUT2D eigenvalue weighted by atomic mass is 32.1. The molecule has 1 unspecified atom stereocenters. The van der Waals surface area contributed by atoms with Crippen LogP contribution in [-0.2, 0) is 12.8 Å². The van der Waals surface area contributed by atoms with Crippen LogP contribution in [-0.4, -0.2) is 16.0 Å². The highest BCUT2D eigenvalue weighted by molar-refractivity contribution is 7.09. The lowest BCUT2D eigenvalue weighted by Crippen LogP contribution is -2.38. The number of aryl methyl sites for hydroxylation is 2. The van der Waals surface area contributed by atoms with E-state index in [2.05, 4.69) is 26.2 Å². The van der Waals surface area contributed by atoms with E-state index in [1.807, 2.05) is 13.8 Å². The molecular weight excluding hydrogens is 252 g/mol. The van der Waals surface area contributed by atoms with Crippen molar-refractivity contribution >= 4 is 22.7 Å². The summed E-state index contributed by atoms with van der Waals surface area (Å²) in [6.45, 7) is 4.03. The second-order valence-corrected chi connectivity index (χ2v) is 6.02. The lowest BCUT2D eigenvalue weighted by atomic mass is 10.1. The predicted octanol–water partition coefficient (Wildman–Crippen LogP) is 1.83. The zero-order valence-corrected chi connectivity index (χ0v) is 11.6. The van der Waals surface area contributed by atoms with Gasteiger partial charge in [0.05, 0.1) is 15.7 Å². The summed E-state index contributed by atoms with van der Waals surface area (Å²) in [7, 11) is 0. The molecule has 0 fully saturated rings. The van der Waals surface area contributed by atoms with Crippen LogP contribution in [0.4, 0.5) is 0 Å². The molecule has 0 bridgehead atoms. The summed E-state index contributed by atoms with van der Waals surface area (Å²) in [5, 5.41) is 6.38. The molecule has 0 aliphatic carbocycles. The summed E-state index contributed by atoms with van der Waals surface area (Å²) >= 11 is 3.36. The largest absolute Gasteiger partial charge is 0.271 e. The van der Waals surface area contributed by atoms with Gasteiger partial charge in [-0.25, -0.2) is 9.97 Å². The van der Waals surface area contributed by atoms with Crippen LogP contribution in [0.1, 0.15) is 21.4 Å². The molecule has 2 aromatic heterocycles. The lowest BCUT2D eigenvalue weighted by Gasteiger charge is -2.12. The van der Waals surface area contributed by atoms with Gasteiger partial charge < -0.3 is 0 Å². The van der Waals surface area contributed by atoms with Gasteiger partial charge in [0.15, 0.2) is 0 Å². The van der Waals surface area contributed by atoms with Crippen LogP contribution >= 0.6 is 22.7 Å². The Morgan fingerprint density at radius 3 is 2.59 bits per heavy atom. The first kappa shape index (κ1) is 12.6. The Kier molecular flexibility index (Phi) is 4.22. The van der Waals surface area contributed by atoms with Gasteiger partial charge in [-0.05, 0) is 13.8 Å². The van der Waals surface area contributed by atoms with E-state index in [4.69, 9.17) is 5.84 Å². The fourth-order valence-electron chi connectivity index (χ4n) is 1.65. The summed E-state index contributed by atoms with van der Waals surface area (Å²) in [6, 6.07) is 0.196. The number of hydrogen-bond donors (Lipinski definition) is 2. The molecule has 0 saturated carbocycles. The SMILES string of the molecule is Cc1csc(CC(Cc2csc(C)n2)NN)n1. The van der Waals surface area contributed by atoms with Gasteiger partial charge in [0.1, 0.15) is 0 Å². The van der Waals surface area contributed by atoms with Crippen LogP contribution in [0.2, 0.25) is 0 Å². The molecule has 17 heavy (non-hydrogen) atoms. The van der Waals surface area contributed by atoms with Crippen molar-refractivity contribution in [3.8, 4) is 0 Å². The third-order valence-electron chi connectivity index (χ3n) is 2.45. The van der Waals surface area contributed by atoms with Gasteiger partial charge in [-0.3, -0.25) is 11.3 Å². The van der Waals surface area contributed by atoms with E-state index in [1.165, 1.54) is 0 Å². The van der Waals surface area contributed by atoms with E-state index in [-0.39, 0.29) is 6.04 Å². The zero-order chi connectivity index (χ0) is 12.3. The highest BCUT2D eigenvalue weighted by Gasteiger charge is 2.12. The first-order valence-electron chi connectivity index (χ1n) is 5.45. The highest BCUT2D eigenvalue weighted by Crippen LogP contribution is 2.14. The molecule has 2 rings (SSSR count). The van der Waals surface area contributed by atoms with Crippen molar-refractivity contribution in [1.82, 2.24) is 15.4 Å². The van der Waals surface area contributed by atoms with Gasteiger partial charge in [-0.2, -0.15) is 0 Å². The topological polar surface area (TPSA) is 63.8 Å². The Bertz CT molecular complexity index is 435. The van der Waals surface area contributed by atoms with Gasteiger partial charge in [0.2, 0.25) is 0 Å². The number of aromatic nitrogens is 2. The van der Waals surface area contributed by atoms with Crippen molar-refractivity contribution in [2.24, 2.45) is 5.84 Å². The molecule has 0 aromatic carbocycles. The minimum atomic E-state index is 0.196. The van der Waals surface area contributed by atoms with E-state index in [9.17, 15) is 0 Å². The van der Waals surface area contributed by atoms with Crippen molar-refractivity contribution in [1.29, 1.82) is 0 Å². The van der Waals surface area contributed by atoms with Crippen molar-refractivity contribution in [2.75, 3.05) is 0 Å². The van der Waals surface area contributed by atoms with Crippen molar-refractivity contribution in [3.05, 3.63) is 32.2 Å². The molecule has 0 radical (unpaired) electrons. The standard InChI is InChI=1S/C11H16N4S2/c1-7-5-17-11(13-7)4-9(15-12)3-10-6-16-8(2)14-10/h5-6,9,15H,3-4,12H2,1-2H3. The summed E-state index contributed by atoms with van der Waals surface area (Å²) in [5.41, 5.74) is 5.02. The third kappa shape index (κ3) is 3.57. The summed E-state index contributed by atoms with van der Waals surface area (Å²) < 4.78 is 0. The first-order chi connectivity index (χ1) is 8.17. The third-order valence-corrected chi connectivity index (χ3v) is 4.26. The molecule has 4 nitrogen and oxygen atoms in total. The molecule has 92 valence electrons. The van der Waals surface area contributed by atoms with E-state index < -0.39 is 0 Å². The van der Waals surface area contributed by atoms with Crippen LogP contribution < -0.4 is 11.3 Å². The van der Waals surface area contributed by atoms with Gasteiger partial charge in [-0.1, -0.05) is 0 Å². The molecule has 0 aliphatic heterocycles. The number of nitrogens with zero attached hydrogens (tertiary/aromatic N) is 2. The summed E-state index contributed by atoms with van der Waals surface area (Å²) in [6.07, 6.45) is 1.70. The molecule has 3 N–H and O–H groups in total. The monoisotopic (exact) mass is 268 g/mol. The molecule has 0 amide bonds. The number of rotatable bonds is 5. The Morgan fingerprint density at radius 1 is 1.24 bits per heavy atom. The minimum Gasteiger partial charge on any atom is -0.271 e. The minimum absolute atomic E-state index is 0.196. The zero-order valence-electron chi connectivity index (χ0n) is 9.93. The normalized spacial score (nSPS) is 12.9. The van der Waals surface area contributed by atoms with Crippen LogP contribution in [0.3, 0.4) is 0 Å². The molecule has 0 aliphatic rings. The van der Waals surface area contributed by atoms with Gasteiger partial charge in [0.25, 0.3) is 0 Å². The Balaban J connectivity index is 1.97. The summed E-state index contributed by atoms with van der Waals surface area (Å²) in [4.78, 5) is 8.90. The maximum atomic E-state index is 5.58. The van der Waals surface area contributed by atoms with Crippen LogP contribution in [0.15, 0.2) is 10.8 Å². The molecule has 0 spiro atoms. The van der Waals surface area contributed by atoms with E-state index in [0.717, 1.165) is 34.2 Å². The second kappa shape index (κ2) is 5.68. The maximum absolute atomic E-state index is 5.58. The smallest absolute Gasteiger partial charge is 0.0944 e. The number of nitrogens with two attached hydrogens (primary N) is 1. The van der Waals surface area contributed by atoms with E-state index in [1.54, 1.807) is 22.7 Å². The first-order valence-corrected chi connectivity index (χ1v) is 7.21. The van der Waals surface area contributed by atoms with Gasteiger partial charge in [-0.15, -0.1) is 22.7 Å². The van der Waals surface area contributed by atoms with Crippen molar-refractivity contribution < 1.29 is 0 Å². The number of hydrogen-bond acceptors (Lipinski definition) is 6. The Hall–Kier alpha value is -0.820. The van der Waals surface area contributed by atoms with E-state index >= 15 is 0 Å². The van der Waals surface area contributed by atoms with Crippen LogP contribution in [0.5, 0.6) is 0 Å². The number of hydrazine groups is 1. The molecule has 0 saturated heterocycles.